The van der Waals surface area contributed by atoms with Crippen LogP contribution in [0, 0.1) is 17.8 Å². The molecule has 3 aliphatic rings. The third-order valence-corrected chi connectivity index (χ3v) is 7.67. The second-order valence-electron chi connectivity index (χ2n) is 11.1. The summed E-state index contributed by atoms with van der Waals surface area (Å²) in [5.74, 6) is 8.13. The fraction of sp³-hybridized carbons (Fsp3) is 0.469. The van der Waals surface area contributed by atoms with Crippen molar-refractivity contribution in [3.8, 4) is 11.8 Å². The van der Waals surface area contributed by atoms with Crippen molar-refractivity contribution in [1.82, 2.24) is 5.32 Å². The van der Waals surface area contributed by atoms with Crippen LogP contribution >= 0.6 is 0 Å². The monoisotopic (exact) mass is 467 g/mol. The highest BCUT2D eigenvalue weighted by molar-refractivity contribution is 5.87. The average Bonchev–Trinajstić information content (AvgIpc) is 3.76. The van der Waals surface area contributed by atoms with Crippen molar-refractivity contribution >= 4 is 12.0 Å². The smallest absolute Gasteiger partial charge is 0.330 e. The lowest BCUT2D eigenvalue weighted by molar-refractivity contribution is -0.137. The van der Waals surface area contributed by atoms with E-state index < -0.39 is 0 Å². The predicted octanol–water partition coefficient (Wildman–Crippen LogP) is 6.65. The number of hydrogen-bond acceptors (Lipinski definition) is 3. The molecule has 1 unspecified atom stereocenters. The lowest BCUT2D eigenvalue weighted by Gasteiger charge is -2.39. The molecule has 0 spiro atoms. The Bertz CT molecular complexity index is 1170. The largest absolute Gasteiger partial charge is 0.463 e. The molecule has 0 bridgehead atoms. The van der Waals surface area contributed by atoms with Crippen LogP contribution in [0.1, 0.15) is 105 Å². The van der Waals surface area contributed by atoms with E-state index in [2.05, 4.69) is 43.1 Å². The first-order chi connectivity index (χ1) is 16.9. The average molecular weight is 468 g/mol. The van der Waals surface area contributed by atoms with Crippen molar-refractivity contribution < 1.29 is 9.53 Å². The van der Waals surface area contributed by atoms with Gasteiger partial charge < -0.3 is 10.1 Å². The van der Waals surface area contributed by atoms with Crippen molar-refractivity contribution in [1.29, 1.82) is 0 Å². The first-order valence-electron chi connectivity index (χ1n) is 13.3. The second-order valence-corrected chi connectivity index (χ2v) is 11.1. The molecule has 35 heavy (non-hydrogen) atoms. The molecule has 0 aromatic heterocycles. The molecular weight excluding hydrogens is 430 g/mol. The van der Waals surface area contributed by atoms with Gasteiger partial charge in [0.2, 0.25) is 0 Å². The summed E-state index contributed by atoms with van der Waals surface area (Å²) < 4.78 is 4.94. The fourth-order valence-corrected chi connectivity index (χ4v) is 5.22. The highest BCUT2D eigenvalue weighted by Crippen LogP contribution is 2.50. The topological polar surface area (TPSA) is 38.3 Å². The Kier molecular flexibility index (Phi) is 6.85. The maximum Gasteiger partial charge on any atom is 0.330 e. The van der Waals surface area contributed by atoms with Gasteiger partial charge in [0, 0.05) is 23.2 Å². The van der Waals surface area contributed by atoms with E-state index in [-0.39, 0.29) is 11.4 Å². The Morgan fingerprint density at radius 3 is 2.49 bits per heavy atom. The van der Waals surface area contributed by atoms with Gasteiger partial charge >= 0.3 is 5.97 Å². The Hall–Kier alpha value is -2.83. The van der Waals surface area contributed by atoms with E-state index in [4.69, 9.17) is 4.74 Å². The molecule has 3 aliphatic carbocycles. The number of rotatable bonds is 7. The zero-order valence-electron chi connectivity index (χ0n) is 21.3. The Morgan fingerprint density at radius 1 is 1.06 bits per heavy atom. The number of carbonyl (C=O) groups is 1. The van der Waals surface area contributed by atoms with Gasteiger partial charge in [-0.05, 0) is 122 Å². The van der Waals surface area contributed by atoms with Crippen LogP contribution < -0.4 is 5.32 Å². The molecule has 5 rings (SSSR count). The van der Waals surface area contributed by atoms with Gasteiger partial charge in [-0.1, -0.05) is 37.8 Å². The van der Waals surface area contributed by atoms with E-state index in [1.807, 2.05) is 24.3 Å². The summed E-state index contributed by atoms with van der Waals surface area (Å²) >= 11 is 0. The molecule has 0 radical (unpaired) electrons. The van der Waals surface area contributed by atoms with E-state index in [0.29, 0.717) is 18.6 Å². The number of benzene rings is 2. The van der Waals surface area contributed by atoms with Gasteiger partial charge in [0.1, 0.15) is 0 Å². The molecule has 2 fully saturated rings. The zero-order valence-corrected chi connectivity index (χ0v) is 21.3. The van der Waals surface area contributed by atoms with Gasteiger partial charge in [0.25, 0.3) is 0 Å². The van der Waals surface area contributed by atoms with E-state index >= 15 is 0 Å². The molecule has 0 amide bonds. The first-order valence-corrected chi connectivity index (χ1v) is 13.3. The first kappa shape index (κ1) is 23.9. The summed E-state index contributed by atoms with van der Waals surface area (Å²) in [7, 11) is 0. The highest BCUT2D eigenvalue weighted by atomic mass is 16.5. The lowest BCUT2D eigenvalue weighted by atomic mass is 9.68. The second kappa shape index (κ2) is 10.0. The minimum absolute atomic E-state index is 0.182. The molecule has 2 aromatic rings. The van der Waals surface area contributed by atoms with Crippen LogP contribution in [-0.2, 0) is 14.9 Å². The van der Waals surface area contributed by atoms with Crippen LogP contribution in [0.15, 0.2) is 42.5 Å². The van der Waals surface area contributed by atoms with Crippen molar-refractivity contribution in [3.05, 3.63) is 75.9 Å². The Labute approximate surface area is 210 Å². The molecule has 182 valence electrons. The summed E-state index contributed by atoms with van der Waals surface area (Å²) in [6, 6.07) is 13.2. The van der Waals surface area contributed by atoms with Crippen LogP contribution in [-0.4, -0.2) is 19.1 Å². The summed E-state index contributed by atoms with van der Waals surface area (Å²) in [5.41, 5.74) is 7.89. The quantitative estimate of drug-likeness (QED) is 0.281. The van der Waals surface area contributed by atoms with Crippen molar-refractivity contribution in [3.63, 3.8) is 0 Å². The summed E-state index contributed by atoms with van der Waals surface area (Å²) in [5, 5.41) is 3.94. The molecule has 3 nitrogen and oxygen atoms in total. The number of esters is 1. The van der Waals surface area contributed by atoms with Crippen molar-refractivity contribution in [2.75, 3.05) is 13.2 Å². The van der Waals surface area contributed by atoms with Gasteiger partial charge in [0.05, 0.1) is 6.61 Å². The SMILES string of the molecule is CCOC(=O)/C=C/c1ccc(C#Cc2cc(C3CC3)c3c(c2)C(C)(C)CCC3NCC2CC2)cc1. The van der Waals surface area contributed by atoms with Gasteiger partial charge in [-0.15, -0.1) is 0 Å². The number of carbonyl (C=O) groups excluding carboxylic acids is 1. The number of hydrogen-bond donors (Lipinski definition) is 1. The zero-order chi connectivity index (χ0) is 24.4. The molecule has 1 atom stereocenters. The Balaban J connectivity index is 1.40. The molecular formula is C32H37NO2. The summed E-state index contributed by atoms with van der Waals surface area (Å²) in [6.45, 7) is 8.16. The molecule has 2 saturated carbocycles. The Morgan fingerprint density at radius 2 is 1.80 bits per heavy atom. The minimum atomic E-state index is -0.317. The molecule has 0 heterocycles. The fourth-order valence-electron chi connectivity index (χ4n) is 5.22. The molecule has 0 aliphatic heterocycles. The van der Waals surface area contributed by atoms with E-state index in [1.165, 1.54) is 56.7 Å². The highest BCUT2D eigenvalue weighted by Gasteiger charge is 2.38. The maximum atomic E-state index is 11.5. The van der Waals surface area contributed by atoms with E-state index in [9.17, 15) is 4.79 Å². The lowest BCUT2D eigenvalue weighted by Crippen LogP contribution is -2.34. The number of ether oxygens (including phenoxy) is 1. The molecule has 2 aromatic carbocycles. The maximum absolute atomic E-state index is 11.5. The number of fused-ring (bicyclic) bond motifs is 1. The van der Waals surface area contributed by atoms with Crippen LogP contribution in [0.5, 0.6) is 0 Å². The minimum Gasteiger partial charge on any atom is -0.463 e. The van der Waals surface area contributed by atoms with E-state index in [1.54, 1.807) is 24.1 Å². The predicted molar refractivity (Wildman–Crippen MR) is 142 cm³/mol. The summed E-state index contributed by atoms with van der Waals surface area (Å²) in [6.07, 6.45) is 11.1. The molecule has 3 heteroatoms. The van der Waals surface area contributed by atoms with Gasteiger partial charge in [-0.3, -0.25) is 0 Å². The van der Waals surface area contributed by atoms with Crippen molar-refractivity contribution in [2.24, 2.45) is 5.92 Å². The van der Waals surface area contributed by atoms with Crippen LogP contribution in [0.4, 0.5) is 0 Å². The van der Waals surface area contributed by atoms with Crippen LogP contribution in [0.2, 0.25) is 0 Å². The number of nitrogens with one attached hydrogen (secondary N) is 1. The van der Waals surface area contributed by atoms with Gasteiger partial charge in [-0.2, -0.15) is 0 Å². The normalized spacial score (nSPS) is 20.7. The third-order valence-electron chi connectivity index (χ3n) is 7.67. The summed E-state index contributed by atoms with van der Waals surface area (Å²) in [4.78, 5) is 11.5. The molecule has 1 N–H and O–H groups in total. The standard InChI is InChI=1S/C32H37NO2/c1-4-35-30(34)16-13-23-7-5-22(6-8-23)9-12-25-19-27(26-14-15-26)31-28(20-25)32(2,3)18-17-29(31)33-21-24-10-11-24/h5-8,13,16,19-20,24,26,29,33H,4,10-11,14-15,17-18,21H2,1-3H3/b16-13+. The van der Waals surface area contributed by atoms with Crippen molar-refractivity contribution in [2.45, 2.75) is 76.7 Å². The van der Waals surface area contributed by atoms with Gasteiger partial charge in [0.15, 0.2) is 0 Å². The third kappa shape index (κ3) is 5.88. The van der Waals surface area contributed by atoms with Gasteiger partial charge in [-0.25, -0.2) is 4.79 Å². The van der Waals surface area contributed by atoms with Crippen LogP contribution in [0.3, 0.4) is 0 Å². The van der Waals surface area contributed by atoms with E-state index in [0.717, 1.165) is 22.6 Å². The molecule has 0 saturated heterocycles. The van der Waals surface area contributed by atoms with Crippen LogP contribution in [0.25, 0.3) is 6.08 Å².